The Kier molecular flexibility index (Phi) is 9.81. The molecule has 0 amide bonds. The summed E-state index contributed by atoms with van der Waals surface area (Å²) in [5.74, 6) is -62.3. The van der Waals surface area contributed by atoms with Gasteiger partial charge in [-0.2, -0.15) is 78.9 Å². The van der Waals surface area contributed by atoms with Crippen LogP contribution in [-0.4, -0.2) is 90.3 Å². The van der Waals surface area contributed by atoms with Gasteiger partial charge in [-0.1, -0.05) is 6.92 Å². The number of carboxylic acids is 1. The highest BCUT2D eigenvalue weighted by molar-refractivity contribution is 7.89. The molecule has 0 aliphatic heterocycles. The Labute approximate surface area is 200 Å². The number of carboxylic acid groups (broad SMARTS) is 1. The van der Waals surface area contributed by atoms with E-state index in [4.69, 9.17) is 5.11 Å². The number of sulfonamides is 1. The summed E-state index contributed by atoms with van der Waals surface area (Å²) in [7, 11) is -5.43. The zero-order chi connectivity index (χ0) is 31.2. The molecule has 0 rings (SSSR count). The number of carbonyl (C=O) groups is 1. The Bertz CT molecular complexity index is 961. The van der Waals surface area contributed by atoms with E-state index in [2.05, 4.69) is 0 Å². The van der Waals surface area contributed by atoms with E-state index in [1.807, 2.05) is 0 Å². The van der Waals surface area contributed by atoms with Crippen LogP contribution in [0.3, 0.4) is 0 Å². The molecule has 0 aliphatic rings. The Morgan fingerprint density at radius 1 is 0.658 bits per heavy atom. The van der Waals surface area contributed by atoms with Crippen LogP contribution in [0.4, 0.5) is 74.6 Å². The van der Waals surface area contributed by atoms with E-state index >= 15 is 0 Å². The van der Waals surface area contributed by atoms with E-state index < -0.39 is 88.9 Å². The molecule has 0 saturated heterocycles. The molecule has 228 valence electrons. The molecule has 0 atom stereocenters. The van der Waals surface area contributed by atoms with Gasteiger partial charge in [0.1, 0.15) is 6.54 Å². The molecule has 38 heavy (non-hydrogen) atoms. The van der Waals surface area contributed by atoms with Gasteiger partial charge in [-0.15, -0.1) is 0 Å². The van der Waals surface area contributed by atoms with Crippen molar-refractivity contribution in [1.82, 2.24) is 4.31 Å². The molecule has 0 aromatic carbocycles. The van der Waals surface area contributed by atoms with Crippen molar-refractivity contribution in [2.75, 3.05) is 18.8 Å². The first-order chi connectivity index (χ1) is 16.3. The van der Waals surface area contributed by atoms with Crippen molar-refractivity contribution in [2.24, 2.45) is 0 Å². The standard InChI is InChI=1S/C15H14F17NO4S/c1-2-4-33(6-7(34)35)38(36,37)5-3-8(16,17)9(18,19)10(20,21)11(22,23)12(24,25)13(26,27)14(28,29)15(30,31)32/h2-6H2,1H3,(H,34,35). The molecule has 0 saturated carbocycles. The van der Waals surface area contributed by atoms with E-state index in [0.717, 1.165) is 6.92 Å². The Balaban J connectivity index is 6.52. The minimum absolute atomic E-state index is 0.190. The number of hydrogen-bond acceptors (Lipinski definition) is 3. The van der Waals surface area contributed by atoms with Gasteiger partial charge in [-0.25, -0.2) is 8.42 Å². The average Bonchev–Trinajstić information content (AvgIpc) is 2.70. The summed E-state index contributed by atoms with van der Waals surface area (Å²) < 4.78 is 248. The lowest BCUT2D eigenvalue weighted by molar-refractivity contribution is -0.461. The Morgan fingerprint density at radius 2 is 1.00 bits per heavy atom. The molecule has 0 unspecified atom stereocenters. The maximum absolute atomic E-state index is 13.9. The fraction of sp³-hybridized carbons (Fsp3) is 0.933. The zero-order valence-corrected chi connectivity index (χ0v) is 18.8. The summed E-state index contributed by atoms with van der Waals surface area (Å²) >= 11 is 0. The van der Waals surface area contributed by atoms with Crippen LogP contribution in [0.2, 0.25) is 0 Å². The number of rotatable bonds is 14. The molecule has 0 bridgehead atoms. The Hall–Kier alpha value is -1.81. The van der Waals surface area contributed by atoms with Crippen molar-refractivity contribution in [3.05, 3.63) is 0 Å². The third-order valence-corrected chi connectivity index (χ3v) is 6.46. The van der Waals surface area contributed by atoms with Crippen LogP contribution in [0.25, 0.3) is 0 Å². The second kappa shape index (κ2) is 10.3. The van der Waals surface area contributed by atoms with Gasteiger partial charge in [0.2, 0.25) is 10.0 Å². The largest absolute Gasteiger partial charge is 0.480 e. The zero-order valence-electron chi connectivity index (χ0n) is 18.0. The lowest BCUT2D eigenvalue weighted by atomic mass is 9.88. The molecule has 1 N–H and O–H groups in total. The quantitative estimate of drug-likeness (QED) is 0.258. The predicted molar refractivity (Wildman–Crippen MR) is 88.6 cm³/mol. The van der Waals surface area contributed by atoms with Crippen molar-refractivity contribution >= 4 is 16.0 Å². The molecule has 5 nitrogen and oxygen atoms in total. The van der Waals surface area contributed by atoms with Gasteiger partial charge in [-0.05, 0) is 6.42 Å². The van der Waals surface area contributed by atoms with Crippen LogP contribution in [-0.2, 0) is 14.8 Å². The first kappa shape index (κ1) is 36.2. The number of alkyl halides is 17. The predicted octanol–water partition coefficient (Wildman–Crippen LogP) is 5.51. The van der Waals surface area contributed by atoms with Crippen LogP contribution in [0, 0.1) is 0 Å². The monoisotopic (exact) mass is 627 g/mol. The molecular weight excluding hydrogens is 613 g/mol. The molecule has 0 aromatic rings. The highest BCUT2D eigenvalue weighted by atomic mass is 32.2. The van der Waals surface area contributed by atoms with Crippen LogP contribution in [0.5, 0.6) is 0 Å². The summed E-state index contributed by atoms with van der Waals surface area (Å²) in [5, 5.41) is 8.56. The van der Waals surface area contributed by atoms with E-state index in [0.29, 0.717) is 0 Å². The van der Waals surface area contributed by atoms with E-state index in [1.165, 1.54) is 0 Å². The van der Waals surface area contributed by atoms with Gasteiger partial charge < -0.3 is 5.11 Å². The summed E-state index contributed by atoms with van der Waals surface area (Å²) in [4.78, 5) is 10.6. The second-order valence-corrected chi connectivity index (χ2v) is 9.53. The van der Waals surface area contributed by atoms with Gasteiger partial charge in [-0.3, -0.25) is 4.79 Å². The topological polar surface area (TPSA) is 74.7 Å². The first-order valence-corrected chi connectivity index (χ1v) is 10.9. The maximum Gasteiger partial charge on any atom is 0.460 e. The van der Waals surface area contributed by atoms with Crippen molar-refractivity contribution in [1.29, 1.82) is 0 Å². The molecule has 0 spiro atoms. The maximum atomic E-state index is 13.9. The van der Waals surface area contributed by atoms with Crippen molar-refractivity contribution < 1.29 is 93.0 Å². The SMILES string of the molecule is CCCN(CC(=O)O)S(=O)(=O)CCC(F)(F)C(F)(F)C(F)(F)C(F)(F)C(F)(F)C(F)(F)C(F)(F)C(F)(F)F. The molecule has 0 aliphatic carbocycles. The second-order valence-electron chi connectivity index (χ2n) is 7.44. The normalized spacial score (nSPS) is 15.8. The van der Waals surface area contributed by atoms with E-state index in [9.17, 15) is 87.8 Å². The van der Waals surface area contributed by atoms with Crippen LogP contribution >= 0.6 is 0 Å². The summed E-state index contributed by atoms with van der Waals surface area (Å²) in [6.07, 6.45) is -11.3. The first-order valence-electron chi connectivity index (χ1n) is 9.24. The molecule has 0 fully saturated rings. The van der Waals surface area contributed by atoms with Gasteiger partial charge in [0.15, 0.2) is 0 Å². The lowest BCUT2D eigenvalue weighted by Crippen LogP contribution is -2.74. The number of nitrogens with zero attached hydrogens (tertiary/aromatic N) is 1. The minimum Gasteiger partial charge on any atom is -0.480 e. The van der Waals surface area contributed by atoms with Crippen LogP contribution < -0.4 is 0 Å². The fourth-order valence-electron chi connectivity index (χ4n) is 2.46. The van der Waals surface area contributed by atoms with E-state index in [-0.39, 0.29) is 10.7 Å². The molecular formula is C15H14F17NO4S. The van der Waals surface area contributed by atoms with Crippen molar-refractivity contribution in [2.45, 2.75) is 67.4 Å². The Morgan fingerprint density at radius 3 is 1.32 bits per heavy atom. The average molecular weight is 627 g/mol. The van der Waals surface area contributed by atoms with Crippen molar-refractivity contribution in [3.63, 3.8) is 0 Å². The van der Waals surface area contributed by atoms with Crippen molar-refractivity contribution in [3.8, 4) is 0 Å². The van der Waals surface area contributed by atoms with E-state index in [1.54, 1.807) is 0 Å². The fourth-order valence-corrected chi connectivity index (χ4v) is 4.00. The van der Waals surface area contributed by atoms with Gasteiger partial charge >= 0.3 is 53.6 Å². The third-order valence-electron chi connectivity index (χ3n) is 4.64. The number of hydrogen-bond donors (Lipinski definition) is 1. The number of aliphatic carboxylic acids is 1. The molecule has 0 heterocycles. The van der Waals surface area contributed by atoms with Crippen LogP contribution in [0.15, 0.2) is 0 Å². The molecule has 0 radical (unpaired) electrons. The van der Waals surface area contributed by atoms with Gasteiger partial charge in [0.05, 0.1) is 5.75 Å². The highest BCUT2D eigenvalue weighted by Crippen LogP contribution is 2.64. The van der Waals surface area contributed by atoms with Crippen LogP contribution in [0.1, 0.15) is 19.8 Å². The number of halogens is 17. The highest BCUT2D eigenvalue weighted by Gasteiger charge is 2.95. The summed E-state index contributed by atoms with van der Waals surface area (Å²) in [5.41, 5.74) is 0. The molecule has 0 aromatic heterocycles. The summed E-state index contributed by atoms with van der Waals surface area (Å²) in [6, 6.07) is 0. The van der Waals surface area contributed by atoms with Gasteiger partial charge in [0, 0.05) is 13.0 Å². The molecule has 23 heteroatoms. The smallest absolute Gasteiger partial charge is 0.460 e. The lowest BCUT2D eigenvalue weighted by Gasteiger charge is -2.42. The minimum atomic E-state index is -8.78. The third kappa shape index (κ3) is 5.71. The van der Waals surface area contributed by atoms with Gasteiger partial charge in [0.25, 0.3) is 0 Å². The summed E-state index contributed by atoms with van der Waals surface area (Å²) in [6.45, 7) is -1.19.